The van der Waals surface area contributed by atoms with Crippen LogP contribution in [0.25, 0.3) is 10.9 Å². The summed E-state index contributed by atoms with van der Waals surface area (Å²) < 4.78 is 2.17. The highest BCUT2D eigenvalue weighted by Gasteiger charge is 2.09. The summed E-state index contributed by atoms with van der Waals surface area (Å²) in [6.07, 6.45) is 2.46. The van der Waals surface area contributed by atoms with E-state index in [9.17, 15) is 0 Å². The Hall–Kier alpha value is -1.35. The van der Waals surface area contributed by atoms with E-state index in [0.717, 1.165) is 25.6 Å². The average molecular weight is 259 g/mol. The number of aryl methyl sites for hydroxylation is 1. The summed E-state index contributed by atoms with van der Waals surface area (Å²) in [7, 11) is 0. The maximum atomic E-state index is 4.78. The van der Waals surface area contributed by atoms with Crippen LogP contribution in [-0.4, -0.2) is 16.3 Å². The highest BCUT2D eigenvalue weighted by Crippen LogP contribution is 2.19. The van der Waals surface area contributed by atoms with Crippen molar-refractivity contribution in [3.8, 4) is 0 Å². The highest BCUT2D eigenvalue weighted by atomic mass is 15.3. The molecule has 104 valence electrons. The summed E-state index contributed by atoms with van der Waals surface area (Å²) in [5.74, 6) is 0.767. The molecular weight excluding hydrogens is 234 g/mol. The molecule has 0 bridgehead atoms. The molecule has 1 N–H and O–H groups in total. The van der Waals surface area contributed by atoms with E-state index in [4.69, 9.17) is 5.10 Å². The van der Waals surface area contributed by atoms with Crippen LogP contribution in [0.4, 0.5) is 0 Å². The van der Waals surface area contributed by atoms with Crippen molar-refractivity contribution in [2.24, 2.45) is 5.92 Å². The maximum Gasteiger partial charge on any atom is 0.0841 e. The molecule has 0 aliphatic carbocycles. The molecule has 0 unspecified atom stereocenters. The summed E-state index contributed by atoms with van der Waals surface area (Å²) in [4.78, 5) is 0. The first-order valence-corrected chi connectivity index (χ1v) is 7.37. The number of nitrogens with zero attached hydrogens (tertiary/aromatic N) is 2. The first-order chi connectivity index (χ1) is 9.22. The van der Waals surface area contributed by atoms with Gasteiger partial charge in [0.05, 0.1) is 11.2 Å². The van der Waals surface area contributed by atoms with Gasteiger partial charge in [0.2, 0.25) is 0 Å². The number of benzene rings is 1. The highest BCUT2D eigenvalue weighted by molar-refractivity contribution is 5.81. The van der Waals surface area contributed by atoms with Crippen molar-refractivity contribution < 1.29 is 0 Å². The van der Waals surface area contributed by atoms with Gasteiger partial charge in [-0.25, -0.2) is 0 Å². The van der Waals surface area contributed by atoms with Crippen molar-refractivity contribution in [2.75, 3.05) is 6.54 Å². The van der Waals surface area contributed by atoms with Gasteiger partial charge in [0, 0.05) is 18.5 Å². The van der Waals surface area contributed by atoms with Gasteiger partial charge in [-0.05, 0) is 31.4 Å². The Morgan fingerprint density at radius 2 is 2.05 bits per heavy atom. The van der Waals surface area contributed by atoms with Gasteiger partial charge in [-0.3, -0.25) is 4.68 Å². The molecule has 0 saturated heterocycles. The molecule has 19 heavy (non-hydrogen) atoms. The van der Waals surface area contributed by atoms with Crippen molar-refractivity contribution in [1.29, 1.82) is 0 Å². The monoisotopic (exact) mass is 259 g/mol. The zero-order chi connectivity index (χ0) is 13.7. The van der Waals surface area contributed by atoms with Crippen LogP contribution >= 0.6 is 0 Å². The molecule has 0 radical (unpaired) electrons. The predicted molar refractivity (Wildman–Crippen MR) is 81.2 cm³/mol. The van der Waals surface area contributed by atoms with Crippen LogP contribution in [0.15, 0.2) is 24.3 Å². The molecule has 0 atom stereocenters. The molecular formula is C16H25N3. The Kier molecular flexibility index (Phi) is 4.97. The minimum absolute atomic E-state index is 0.767. The summed E-state index contributed by atoms with van der Waals surface area (Å²) in [5.41, 5.74) is 2.43. The molecule has 0 fully saturated rings. The lowest BCUT2D eigenvalue weighted by molar-refractivity contribution is 0.493. The summed E-state index contributed by atoms with van der Waals surface area (Å²) >= 11 is 0. The summed E-state index contributed by atoms with van der Waals surface area (Å²) in [6.45, 7) is 9.53. The van der Waals surface area contributed by atoms with E-state index in [1.54, 1.807) is 0 Å². The van der Waals surface area contributed by atoms with E-state index in [1.807, 2.05) is 0 Å². The van der Waals surface area contributed by atoms with E-state index in [-0.39, 0.29) is 0 Å². The molecule has 0 aliphatic rings. The average Bonchev–Trinajstić information content (AvgIpc) is 2.75. The summed E-state index contributed by atoms with van der Waals surface area (Å²) in [6, 6.07) is 8.54. The van der Waals surface area contributed by atoms with Gasteiger partial charge >= 0.3 is 0 Å². The third-order valence-electron chi connectivity index (χ3n) is 3.43. The maximum absolute atomic E-state index is 4.78. The third-order valence-corrected chi connectivity index (χ3v) is 3.43. The second-order valence-corrected chi connectivity index (χ2v) is 5.50. The van der Waals surface area contributed by atoms with E-state index < -0.39 is 0 Å². The number of fused-ring (bicyclic) bond motifs is 1. The largest absolute Gasteiger partial charge is 0.311 e. The van der Waals surface area contributed by atoms with Crippen LogP contribution in [0.2, 0.25) is 0 Å². The van der Waals surface area contributed by atoms with E-state index in [0.29, 0.717) is 0 Å². The van der Waals surface area contributed by atoms with E-state index in [2.05, 4.69) is 55.0 Å². The second-order valence-electron chi connectivity index (χ2n) is 5.50. The van der Waals surface area contributed by atoms with E-state index in [1.165, 1.54) is 29.4 Å². The third kappa shape index (κ3) is 3.57. The second kappa shape index (κ2) is 6.71. The predicted octanol–water partition coefficient (Wildman–Crippen LogP) is 3.58. The zero-order valence-electron chi connectivity index (χ0n) is 12.3. The molecule has 2 rings (SSSR count). The molecule has 1 heterocycles. The molecule has 0 saturated carbocycles. The molecule has 0 spiro atoms. The van der Waals surface area contributed by atoms with Gasteiger partial charge in [0.25, 0.3) is 0 Å². The van der Waals surface area contributed by atoms with Gasteiger partial charge in [-0.1, -0.05) is 39.0 Å². The van der Waals surface area contributed by atoms with Crippen LogP contribution in [-0.2, 0) is 13.1 Å². The zero-order valence-corrected chi connectivity index (χ0v) is 12.3. The molecule has 2 aromatic rings. The van der Waals surface area contributed by atoms with Gasteiger partial charge < -0.3 is 5.32 Å². The molecule has 3 nitrogen and oxygen atoms in total. The van der Waals surface area contributed by atoms with Gasteiger partial charge in [-0.2, -0.15) is 5.10 Å². The fraction of sp³-hybridized carbons (Fsp3) is 0.562. The van der Waals surface area contributed by atoms with E-state index >= 15 is 0 Å². The first kappa shape index (κ1) is 14.1. The normalized spacial score (nSPS) is 11.6. The Morgan fingerprint density at radius 3 is 2.79 bits per heavy atom. The van der Waals surface area contributed by atoms with Crippen molar-refractivity contribution in [3.05, 3.63) is 30.0 Å². The lowest BCUT2D eigenvalue weighted by atomic mass is 10.1. The van der Waals surface area contributed by atoms with Crippen molar-refractivity contribution >= 4 is 10.9 Å². The van der Waals surface area contributed by atoms with Crippen LogP contribution in [0.5, 0.6) is 0 Å². The van der Waals surface area contributed by atoms with Gasteiger partial charge in [0.15, 0.2) is 0 Å². The van der Waals surface area contributed by atoms with Crippen LogP contribution in [0.3, 0.4) is 0 Å². The smallest absolute Gasteiger partial charge is 0.0841 e. The summed E-state index contributed by atoms with van der Waals surface area (Å²) in [5, 5.41) is 9.43. The number of hydrogen-bond donors (Lipinski definition) is 1. The Balaban J connectivity index is 2.18. The molecule has 3 heteroatoms. The van der Waals surface area contributed by atoms with Crippen molar-refractivity contribution in [3.63, 3.8) is 0 Å². The fourth-order valence-corrected chi connectivity index (χ4v) is 2.39. The van der Waals surface area contributed by atoms with Crippen LogP contribution in [0, 0.1) is 5.92 Å². The first-order valence-electron chi connectivity index (χ1n) is 7.37. The lowest BCUT2D eigenvalue weighted by Crippen LogP contribution is -2.12. The van der Waals surface area contributed by atoms with Crippen molar-refractivity contribution in [2.45, 2.75) is 46.7 Å². The minimum atomic E-state index is 0.767. The quantitative estimate of drug-likeness (QED) is 0.823. The number of hydrogen-bond acceptors (Lipinski definition) is 2. The SMILES string of the molecule is CCNCc1nn(CCCC(C)C)c2ccccc12. The van der Waals surface area contributed by atoms with Crippen molar-refractivity contribution in [1.82, 2.24) is 15.1 Å². The minimum Gasteiger partial charge on any atom is -0.311 e. The number of rotatable bonds is 7. The van der Waals surface area contributed by atoms with Gasteiger partial charge in [-0.15, -0.1) is 0 Å². The molecule has 1 aromatic carbocycles. The Morgan fingerprint density at radius 1 is 1.26 bits per heavy atom. The van der Waals surface area contributed by atoms with Crippen LogP contribution < -0.4 is 5.32 Å². The molecule has 1 aromatic heterocycles. The van der Waals surface area contributed by atoms with Gasteiger partial charge in [0.1, 0.15) is 0 Å². The number of aromatic nitrogens is 2. The fourth-order valence-electron chi connectivity index (χ4n) is 2.39. The molecule has 0 amide bonds. The number of para-hydroxylation sites is 1. The standard InChI is InChI=1S/C16H25N3/c1-4-17-12-15-14-9-5-6-10-16(14)19(18-15)11-7-8-13(2)3/h5-6,9-10,13,17H,4,7-8,11-12H2,1-3H3. The van der Waals surface area contributed by atoms with Crippen LogP contribution in [0.1, 0.15) is 39.3 Å². The lowest BCUT2D eigenvalue weighted by Gasteiger charge is -2.05. The number of nitrogens with one attached hydrogen (secondary N) is 1. The Labute approximate surface area is 116 Å². The topological polar surface area (TPSA) is 29.9 Å². The Bertz CT molecular complexity index is 514. The molecule has 0 aliphatic heterocycles.